The van der Waals surface area contributed by atoms with Crippen molar-refractivity contribution in [3.05, 3.63) is 40.9 Å². The number of aryl methyl sites for hydroxylation is 1. The van der Waals surface area contributed by atoms with Gasteiger partial charge in [0.2, 0.25) is 0 Å². The van der Waals surface area contributed by atoms with E-state index < -0.39 is 6.09 Å². The topological polar surface area (TPSA) is 75.1 Å². The fraction of sp³-hybridized carbons (Fsp3) is 0.421. The maximum atomic E-state index is 11.9. The van der Waals surface area contributed by atoms with Crippen molar-refractivity contribution in [2.24, 2.45) is 0 Å². The summed E-state index contributed by atoms with van der Waals surface area (Å²) in [6, 6.07) is 10.1. The first-order valence-electron chi connectivity index (χ1n) is 8.67. The molecular formula is C19H23N3O2S. The van der Waals surface area contributed by atoms with Crippen LogP contribution in [0.2, 0.25) is 0 Å². The van der Waals surface area contributed by atoms with Crippen molar-refractivity contribution >= 4 is 23.1 Å². The molecule has 0 radical (unpaired) electrons. The molecule has 5 nitrogen and oxygen atoms in total. The van der Waals surface area contributed by atoms with Gasteiger partial charge in [-0.2, -0.15) is 0 Å². The van der Waals surface area contributed by atoms with Gasteiger partial charge < -0.3 is 15.5 Å². The summed E-state index contributed by atoms with van der Waals surface area (Å²) in [7, 11) is 0. The van der Waals surface area contributed by atoms with E-state index in [2.05, 4.69) is 10.3 Å². The normalized spacial score (nSPS) is 14.9. The number of thiazole rings is 1. The van der Waals surface area contributed by atoms with Gasteiger partial charge in [-0.3, -0.25) is 0 Å². The van der Waals surface area contributed by atoms with Crippen molar-refractivity contribution in [2.45, 2.75) is 45.1 Å². The molecule has 1 heterocycles. The van der Waals surface area contributed by atoms with Crippen molar-refractivity contribution in [1.82, 2.24) is 10.3 Å². The van der Waals surface area contributed by atoms with E-state index in [1.807, 2.05) is 37.3 Å². The third kappa shape index (κ3) is 4.66. The Kier molecular flexibility index (Phi) is 5.81. The van der Waals surface area contributed by atoms with Crippen molar-refractivity contribution < 1.29 is 9.53 Å². The van der Waals surface area contributed by atoms with Crippen LogP contribution in [-0.2, 0) is 4.74 Å². The fourth-order valence-corrected chi connectivity index (χ4v) is 4.04. The number of carbonyl (C=O) groups is 1. The SMILES string of the molecule is Cc1nc(-c2ccccc2)sc1C(=N)COC(=O)NC1CCCCC1. The highest BCUT2D eigenvalue weighted by atomic mass is 32.1. The highest BCUT2D eigenvalue weighted by Gasteiger charge is 2.18. The van der Waals surface area contributed by atoms with Crippen molar-refractivity contribution in [1.29, 1.82) is 5.41 Å². The first-order valence-corrected chi connectivity index (χ1v) is 9.49. The first kappa shape index (κ1) is 17.6. The number of benzene rings is 1. The zero-order valence-electron chi connectivity index (χ0n) is 14.4. The van der Waals surface area contributed by atoms with E-state index in [4.69, 9.17) is 10.1 Å². The van der Waals surface area contributed by atoms with Gasteiger partial charge in [0.1, 0.15) is 11.6 Å². The third-order valence-corrected chi connectivity index (χ3v) is 5.63. The van der Waals surface area contributed by atoms with Crippen LogP contribution in [0.15, 0.2) is 30.3 Å². The van der Waals surface area contributed by atoms with Crippen molar-refractivity contribution in [3.63, 3.8) is 0 Å². The molecule has 2 aromatic rings. The molecule has 1 aromatic carbocycles. The number of alkyl carbamates (subject to hydrolysis) is 1. The lowest BCUT2D eigenvalue weighted by Gasteiger charge is -2.22. The number of aromatic nitrogens is 1. The molecule has 0 saturated heterocycles. The molecule has 1 aliphatic carbocycles. The first-order chi connectivity index (χ1) is 12.1. The smallest absolute Gasteiger partial charge is 0.407 e. The standard InChI is InChI=1S/C19H23N3O2S/c1-13-17(25-18(21-13)14-8-4-2-5-9-14)16(20)12-24-19(23)22-15-10-6-3-7-11-15/h2,4-5,8-9,15,20H,3,6-7,10-12H2,1H3,(H,22,23). The Balaban J connectivity index is 1.56. The molecule has 2 N–H and O–H groups in total. The van der Waals surface area contributed by atoms with Crippen molar-refractivity contribution in [3.8, 4) is 10.6 Å². The van der Waals surface area contributed by atoms with E-state index >= 15 is 0 Å². The molecule has 0 bridgehead atoms. The number of hydrogen-bond acceptors (Lipinski definition) is 5. The van der Waals surface area contributed by atoms with Gasteiger partial charge in [-0.15, -0.1) is 11.3 Å². The molecule has 3 rings (SSSR count). The molecule has 6 heteroatoms. The lowest BCUT2D eigenvalue weighted by Crippen LogP contribution is -2.37. The maximum Gasteiger partial charge on any atom is 0.407 e. The maximum absolute atomic E-state index is 11.9. The second-order valence-corrected chi connectivity index (χ2v) is 7.33. The Bertz CT molecular complexity index is 736. The molecule has 1 fully saturated rings. The number of carbonyl (C=O) groups excluding carboxylic acids is 1. The number of nitrogens with zero attached hydrogens (tertiary/aromatic N) is 1. The molecule has 1 aliphatic rings. The number of hydrogen-bond donors (Lipinski definition) is 2. The molecule has 1 amide bonds. The van der Waals surface area contributed by atoms with E-state index in [0.717, 1.165) is 46.8 Å². The largest absolute Gasteiger partial charge is 0.443 e. The lowest BCUT2D eigenvalue weighted by molar-refractivity contribution is 0.154. The van der Waals surface area contributed by atoms with E-state index in [-0.39, 0.29) is 18.4 Å². The summed E-state index contributed by atoms with van der Waals surface area (Å²) in [4.78, 5) is 17.2. The molecule has 0 atom stereocenters. The number of rotatable bonds is 5. The molecule has 0 unspecified atom stereocenters. The summed E-state index contributed by atoms with van der Waals surface area (Å²) in [5, 5.41) is 12.0. The van der Waals surface area contributed by atoms with Gasteiger partial charge in [0.15, 0.2) is 0 Å². The van der Waals surface area contributed by atoms with Crippen LogP contribution in [0.3, 0.4) is 0 Å². The highest BCUT2D eigenvalue weighted by Crippen LogP contribution is 2.28. The molecule has 132 valence electrons. The van der Waals surface area contributed by atoms with Crippen LogP contribution in [0.5, 0.6) is 0 Å². The zero-order chi connectivity index (χ0) is 17.6. The van der Waals surface area contributed by atoms with Crippen LogP contribution in [0.4, 0.5) is 4.79 Å². The Labute approximate surface area is 152 Å². The molecule has 0 spiro atoms. The number of ether oxygens (including phenoxy) is 1. The Morgan fingerprint density at radius 1 is 1.28 bits per heavy atom. The van der Waals surface area contributed by atoms with Crippen LogP contribution in [0, 0.1) is 12.3 Å². The minimum absolute atomic E-state index is 0.0319. The molecule has 1 saturated carbocycles. The van der Waals surface area contributed by atoms with Crippen LogP contribution in [0.1, 0.15) is 42.7 Å². The Hall–Kier alpha value is -2.21. The van der Waals surface area contributed by atoms with Crippen molar-refractivity contribution in [2.75, 3.05) is 6.61 Å². The van der Waals surface area contributed by atoms with Gasteiger partial charge in [-0.25, -0.2) is 9.78 Å². The summed E-state index contributed by atoms with van der Waals surface area (Å²) in [6.07, 6.45) is 5.16. The quantitative estimate of drug-likeness (QED) is 0.771. The second-order valence-electron chi connectivity index (χ2n) is 6.33. The summed E-state index contributed by atoms with van der Waals surface area (Å²) < 4.78 is 5.24. The van der Waals surface area contributed by atoms with Crippen LogP contribution in [0.25, 0.3) is 10.6 Å². The average Bonchev–Trinajstić information content (AvgIpc) is 3.03. The summed E-state index contributed by atoms with van der Waals surface area (Å²) in [6.45, 7) is 1.85. The van der Waals surface area contributed by atoms with Crippen LogP contribution < -0.4 is 5.32 Å². The van der Waals surface area contributed by atoms with Crippen LogP contribution >= 0.6 is 11.3 Å². The van der Waals surface area contributed by atoms with Gasteiger partial charge in [-0.05, 0) is 19.8 Å². The third-order valence-electron chi connectivity index (χ3n) is 4.37. The Morgan fingerprint density at radius 3 is 2.72 bits per heavy atom. The minimum atomic E-state index is -0.429. The molecule has 1 aromatic heterocycles. The number of nitrogens with one attached hydrogen (secondary N) is 2. The van der Waals surface area contributed by atoms with Gasteiger partial charge in [0, 0.05) is 11.6 Å². The second kappa shape index (κ2) is 8.25. The predicted octanol–water partition coefficient (Wildman–Crippen LogP) is 4.55. The van der Waals surface area contributed by atoms with E-state index in [1.165, 1.54) is 17.8 Å². The molecule has 0 aliphatic heterocycles. The predicted molar refractivity (Wildman–Crippen MR) is 100 cm³/mol. The van der Waals surface area contributed by atoms with Gasteiger partial charge in [-0.1, -0.05) is 49.6 Å². The van der Waals surface area contributed by atoms with E-state index in [0.29, 0.717) is 0 Å². The minimum Gasteiger partial charge on any atom is -0.443 e. The van der Waals surface area contributed by atoms with Gasteiger partial charge in [0.05, 0.1) is 16.3 Å². The number of amides is 1. The highest BCUT2D eigenvalue weighted by molar-refractivity contribution is 7.17. The summed E-state index contributed by atoms with van der Waals surface area (Å²) in [5.41, 5.74) is 2.12. The van der Waals surface area contributed by atoms with Crippen LogP contribution in [-0.4, -0.2) is 29.4 Å². The monoisotopic (exact) mass is 357 g/mol. The lowest BCUT2D eigenvalue weighted by atomic mass is 9.96. The fourth-order valence-electron chi connectivity index (χ4n) is 3.04. The molecular weight excluding hydrogens is 334 g/mol. The Morgan fingerprint density at radius 2 is 2.00 bits per heavy atom. The average molecular weight is 357 g/mol. The molecule has 25 heavy (non-hydrogen) atoms. The van der Waals surface area contributed by atoms with Gasteiger partial charge >= 0.3 is 6.09 Å². The summed E-state index contributed by atoms with van der Waals surface area (Å²) >= 11 is 1.46. The van der Waals surface area contributed by atoms with E-state index in [9.17, 15) is 4.79 Å². The van der Waals surface area contributed by atoms with Gasteiger partial charge in [0.25, 0.3) is 0 Å². The zero-order valence-corrected chi connectivity index (χ0v) is 15.2. The van der Waals surface area contributed by atoms with E-state index in [1.54, 1.807) is 0 Å². The summed E-state index contributed by atoms with van der Waals surface area (Å²) in [5.74, 6) is 0.